The monoisotopic (exact) mass is 564 g/mol. The van der Waals surface area contributed by atoms with E-state index in [-0.39, 0.29) is 22.6 Å². The van der Waals surface area contributed by atoms with Gasteiger partial charge >= 0.3 is 0 Å². The molecular weight excluding hydrogens is 524 g/mol. The zero-order valence-electron chi connectivity index (χ0n) is 24.3. The van der Waals surface area contributed by atoms with E-state index in [0.717, 1.165) is 48.5 Å². The molecule has 0 saturated heterocycles. The average molecular weight is 565 g/mol. The summed E-state index contributed by atoms with van der Waals surface area (Å²) in [6, 6.07) is 23.3. The van der Waals surface area contributed by atoms with Crippen LogP contribution >= 0.6 is 0 Å². The number of carbonyl (C=O) groups is 2. The van der Waals surface area contributed by atoms with Crippen LogP contribution in [0.15, 0.2) is 97.6 Å². The van der Waals surface area contributed by atoms with Crippen LogP contribution in [0.25, 0.3) is 0 Å². The normalized spacial score (nSPS) is 11.9. The number of hydrogen-bond acceptors (Lipinski definition) is 2. The van der Waals surface area contributed by atoms with Crippen molar-refractivity contribution in [3.63, 3.8) is 0 Å². The van der Waals surface area contributed by atoms with Crippen LogP contribution < -0.4 is 10.6 Å². The molecule has 8 heteroatoms. The van der Waals surface area contributed by atoms with Crippen molar-refractivity contribution >= 4 is 11.8 Å². The first kappa shape index (κ1) is 28.8. The molecule has 0 bridgehead atoms. The van der Waals surface area contributed by atoms with Gasteiger partial charge < -0.3 is 30.6 Å². The van der Waals surface area contributed by atoms with Crippen molar-refractivity contribution in [2.24, 2.45) is 0 Å². The third-order valence-corrected chi connectivity index (χ3v) is 8.43. The summed E-state index contributed by atoms with van der Waals surface area (Å²) in [5.74, 6) is -0.363. The van der Waals surface area contributed by atoms with E-state index in [0.29, 0.717) is 24.2 Å². The minimum absolute atomic E-state index is 0.182. The Morgan fingerprint density at radius 2 is 0.929 bits per heavy atom. The number of H-pyrrole nitrogens is 4. The van der Waals surface area contributed by atoms with Crippen molar-refractivity contribution in [3.8, 4) is 0 Å². The van der Waals surface area contributed by atoms with Crippen LogP contribution in [0.2, 0.25) is 0 Å². The van der Waals surface area contributed by atoms with E-state index >= 15 is 0 Å². The Balaban J connectivity index is 1.11. The Bertz CT molecular complexity index is 1350. The molecule has 0 aliphatic heterocycles. The van der Waals surface area contributed by atoms with Crippen LogP contribution in [0.1, 0.15) is 83.0 Å². The highest BCUT2D eigenvalue weighted by Crippen LogP contribution is 2.35. The molecule has 5 aromatic rings. The second-order valence-corrected chi connectivity index (χ2v) is 11.3. The number of rotatable bonds is 14. The molecule has 218 valence electrons. The summed E-state index contributed by atoms with van der Waals surface area (Å²) in [4.78, 5) is 39.3. The summed E-state index contributed by atoms with van der Waals surface area (Å²) < 4.78 is 0. The van der Waals surface area contributed by atoms with Gasteiger partial charge in [-0.3, -0.25) is 9.59 Å². The molecule has 0 spiro atoms. The predicted octanol–water partition coefficient (Wildman–Crippen LogP) is 6.03. The fraction of sp³-hybridized carbons (Fsp3) is 0.294. The van der Waals surface area contributed by atoms with E-state index in [1.165, 1.54) is 0 Å². The Morgan fingerprint density at radius 1 is 0.571 bits per heavy atom. The Morgan fingerprint density at radius 3 is 1.24 bits per heavy atom. The number of amides is 2. The van der Waals surface area contributed by atoms with Crippen molar-refractivity contribution in [2.75, 3.05) is 13.1 Å². The maximum Gasteiger partial charge on any atom is 0.251 e. The summed E-state index contributed by atoms with van der Waals surface area (Å²) in [7, 11) is 0. The largest absolute Gasteiger partial charge is 0.364 e. The van der Waals surface area contributed by atoms with Gasteiger partial charge in [0.25, 0.3) is 11.8 Å². The number of aromatic amines is 4. The van der Waals surface area contributed by atoms with Gasteiger partial charge in [0.05, 0.1) is 0 Å². The van der Waals surface area contributed by atoms with Crippen molar-refractivity contribution < 1.29 is 9.59 Å². The lowest BCUT2D eigenvalue weighted by Gasteiger charge is -2.28. The molecule has 0 aliphatic rings. The number of aromatic nitrogens is 4. The van der Waals surface area contributed by atoms with E-state index in [1.807, 2.05) is 49.1 Å². The molecule has 4 heterocycles. The Labute approximate surface area is 246 Å². The van der Waals surface area contributed by atoms with Crippen molar-refractivity contribution in [2.45, 2.75) is 50.4 Å². The molecule has 2 amide bonds. The predicted molar refractivity (Wildman–Crippen MR) is 166 cm³/mol. The fourth-order valence-corrected chi connectivity index (χ4v) is 5.82. The van der Waals surface area contributed by atoms with Crippen LogP contribution in [0.4, 0.5) is 0 Å². The topological polar surface area (TPSA) is 121 Å². The molecule has 6 N–H and O–H groups in total. The van der Waals surface area contributed by atoms with Gasteiger partial charge in [-0.15, -0.1) is 0 Å². The van der Waals surface area contributed by atoms with Gasteiger partial charge in [0.1, 0.15) is 0 Å². The lowest BCUT2D eigenvalue weighted by atomic mass is 9.79. The average Bonchev–Trinajstić information content (AvgIpc) is 3.85. The number of nitrogens with one attached hydrogen (secondary N) is 6. The van der Waals surface area contributed by atoms with Gasteiger partial charge in [0, 0.05) is 82.6 Å². The highest BCUT2D eigenvalue weighted by molar-refractivity contribution is 5.99. The van der Waals surface area contributed by atoms with Gasteiger partial charge in [-0.2, -0.15) is 0 Å². The Kier molecular flexibility index (Phi) is 8.81. The molecule has 0 saturated carbocycles. The molecule has 42 heavy (non-hydrogen) atoms. The first-order valence-corrected chi connectivity index (χ1v) is 14.6. The van der Waals surface area contributed by atoms with Crippen molar-refractivity contribution in [3.05, 3.63) is 131 Å². The van der Waals surface area contributed by atoms with Gasteiger partial charge in [0.15, 0.2) is 0 Å². The molecule has 5 rings (SSSR count). The van der Waals surface area contributed by atoms with E-state index in [4.69, 9.17) is 0 Å². The summed E-state index contributed by atoms with van der Waals surface area (Å²) in [5, 5.41) is 6.05. The third-order valence-electron chi connectivity index (χ3n) is 8.43. The van der Waals surface area contributed by atoms with Crippen LogP contribution in [0.3, 0.4) is 0 Å². The van der Waals surface area contributed by atoms with Crippen molar-refractivity contribution in [1.82, 2.24) is 30.6 Å². The molecule has 8 nitrogen and oxygen atoms in total. The zero-order chi connectivity index (χ0) is 29.4. The summed E-state index contributed by atoms with van der Waals surface area (Å²) in [6.45, 7) is 5.48. The highest BCUT2D eigenvalue weighted by Gasteiger charge is 2.31. The maximum atomic E-state index is 12.9. The number of carbonyl (C=O) groups excluding carboxylic acids is 2. The molecule has 0 fully saturated rings. The number of benzene rings is 1. The minimum atomic E-state index is -0.212. The summed E-state index contributed by atoms with van der Waals surface area (Å²) >= 11 is 0. The molecule has 4 aromatic heterocycles. The zero-order valence-corrected chi connectivity index (χ0v) is 24.3. The second-order valence-electron chi connectivity index (χ2n) is 11.3. The molecular formula is C34H40N6O2. The van der Waals surface area contributed by atoms with Crippen LogP contribution in [-0.4, -0.2) is 44.8 Å². The summed E-state index contributed by atoms with van der Waals surface area (Å²) in [5.41, 5.74) is 5.06. The maximum absolute atomic E-state index is 12.9. The SMILES string of the molecule is CC(CCCNC(=O)c1cccc(C(=O)NCCCC(C)(c2ccc[nH]2)c2ccc[nH]2)c1)(c1ccc[nH]1)c1ccc[nH]1. The van der Waals surface area contributed by atoms with E-state index in [1.54, 1.807) is 24.3 Å². The molecule has 0 unspecified atom stereocenters. The first-order valence-electron chi connectivity index (χ1n) is 14.6. The second kappa shape index (κ2) is 12.9. The van der Waals surface area contributed by atoms with Gasteiger partial charge in [-0.25, -0.2) is 0 Å². The van der Waals surface area contributed by atoms with Crippen LogP contribution in [0, 0.1) is 0 Å². The van der Waals surface area contributed by atoms with Gasteiger partial charge in [0.2, 0.25) is 0 Å². The third kappa shape index (κ3) is 6.28. The molecule has 0 aliphatic carbocycles. The summed E-state index contributed by atoms with van der Waals surface area (Å²) in [6.07, 6.45) is 11.0. The minimum Gasteiger partial charge on any atom is -0.364 e. The van der Waals surface area contributed by atoms with Crippen LogP contribution in [0.5, 0.6) is 0 Å². The standard InChI is InChI=1S/C34H40N6O2/c1-33(27-12-4-18-35-27,28-13-5-19-36-28)16-8-22-39-31(41)25-10-3-11-26(24-25)32(42)40-23-9-17-34(2,29-14-6-20-37-29)30-15-7-21-38-30/h3-7,10-15,18-21,24,35-38H,8-9,16-17,22-23H2,1-2H3,(H,39,41)(H,40,42). The fourth-order valence-electron chi connectivity index (χ4n) is 5.82. The smallest absolute Gasteiger partial charge is 0.251 e. The first-order chi connectivity index (χ1) is 20.4. The van der Waals surface area contributed by atoms with Gasteiger partial charge in [-0.05, 0) is 106 Å². The highest BCUT2D eigenvalue weighted by atomic mass is 16.2. The number of hydrogen-bond donors (Lipinski definition) is 6. The molecule has 0 radical (unpaired) electrons. The quantitative estimate of drug-likeness (QED) is 0.0923. The van der Waals surface area contributed by atoms with Crippen LogP contribution in [-0.2, 0) is 10.8 Å². The Hall–Kier alpha value is -4.72. The van der Waals surface area contributed by atoms with E-state index < -0.39 is 0 Å². The van der Waals surface area contributed by atoms with Gasteiger partial charge in [-0.1, -0.05) is 6.07 Å². The lowest BCUT2D eigenvalue weighted by molar-refractivity contribution is 0.0951. The van der Waals surface area contributed by atoms with E-state index in [9.17, 15) is 9.59 Å². The molecule has 0 atom stereocenters. The molecule has 1 aromatic carbocycles. The van der Waals surface area contributed by atoms with Crippen molar-refractivity contribution in [1.29, 1.82) is 0 Å². The lowest BCUT2D eigenvalue weighted by Crippen LogP contribution is -2.30. The van der Waals surface area contributed by atoms with E-state index in [2.05, 4.69) is 68.7 Å².